The Hall–Kier alpha value is -2.45. The van der Waals surface area contributed by atoms with Gasteiger partial charge >= 0.3 is 0 Å². The molecule has 2 aromatic rings. The number of halogens is 1. The van der Waals surface area contributed by atoms with Gasteiger partial charge in [-0.2, -0.15) is 0 Å². The third-order valence-corrected chi connectivity index (χ3v) is 4.80. The maximum absolute atomic E-state index is 13.0. The highest BCUT2D eigenvalue weighted by atomic mass is 35.5. The molecule has 3 rings (SSSR count). The number of hydrogen-bond acceptors (Lipinski definition) is 5. The third kappa shape index (κ3) is 3.17. The van der Waals surface area contributed by atoms with Gasteiger partial charge in [0.1, 0.15) is 11.2 Å². The molecule has 26 heavy (non-hydrogen) atoms. The van der Waals surface area contributed by atoms with Crippen molar-refractivity contribution in [2.24, 2.45) is 0 Å². The number of pyridine rings is 1. The van der Waals surface area contributed by atoms with Crippen molar-refractivity contribution in [1.29, 1.82) is 0 Å². The monoisotopic (exact) mass is 377 g/mol. The zero-order chi connectivity index (χ0) is 19.0. The van der Waals surface area contributed by atoms with E-state index in [1.54, 1.807) is 11.0 Å². The van der Waals surface area contributed by atoms with E-state index in [0.717, 1.165) is 0 Å². The van der Waals surface area contributed by atoms with E-state index in [2.05, 4.69) is 20.6 Å². The summed E-state index contributed by atoms with van der Waals surface area (Å²) in [5, 5.41) is 5.80. The number of carbonyl (C=O) groups is 3. The minimum atomic E-state index is -0.750. The van der Waals surface area contributed by atoms with E-state index in [0.29, 0.717) is 18.6 Å². The molecule has 1 aliphatic heterocycles. The number of likely N-dealkylation sites (N-methyl/N-ethyl adjacent to an activating group) is 1. The van der Waals surface area contributed by atoms with Crippen LogP contribution in [0.25, 0.3) is 11.0 Å². The number of hydrogen-bond donors (Lipinski definition) is 3. The molecule has 1 aliphatic rings. The van der Waals surface area contributed by atoms with Crippen LogP contribution in [-0.4, -0.2) is 64.7 Å². The quantitative estimate of drug-likeness (QED) is 0.545. The van der Waals surface area contributed by atoms with Gasteiger partial charge in [-0.05, 0) is 19.9 Å². The zero-order valence-electron chi connectivity index (χ0n) is 14.7. The van der Waals surface area contributed by atoms with Gasteiger partial charge in [-0.3, -0.25) is 14.4 Å². The largest absolute Gasteiger partial charge is 0.359 e. The van der Waals surface area contributed by atoms with Gasteiger partial charge in [0.05, 0.1) is 16.1 Å². The number of nitrogens with zero attached hydrogens (tertiary/aromatic N) is 2. The number of amides is 2. The number of fused-ring (bicyclic) bond motifs is 1. The van der Waals surface area contributed by atoms with Crippen LogP contribution in [0.2, 0.25) is 5.02 Å². The molecule has 0 spiro atoms. The van der Waals surface area contributed by atoms with Gasteiger partial charge in [-0.15, -0.1) is 0 Å². The summed E-state index contributed by atoms with van der Waals surface area (Å²) in [6.45, 7) is 5.15. The Labute approximate surface area is 155 Å². The van der Waals surface area contributed by atoms with Gasteiger partial charge in [-0.25, -0.2) is 4.98 Å². The lowest BCUT2D eigenvalue weighted by atomic mass is 10.1. The SMILES string of the molecule is CNC(=O)C(=O)c1c[nH]c2cc(Cl)c(C(=O)N3C[C@H](C)NC[C@H]3C)nc12. The molecule has 3 N–H and O–H groups in total. The zero-order valence-corrected chi connectivity index (χ0v) is 15.5. The van der Waals surface area contributed by atoms with Crippen LogP contribution in [-0.2, 0) is 4.79 Å². The molecular formula is C17H20ClN5O3. The molecule has 0 saturated carbocycles. The average molecular weight is 378 g/mol. The van der Waals surface area contributed by atoms with E-state index in [1.807, 2.05) is 13.8 Å². The molecule has 0 aliphatic carbocycles. The summed E-state index contributed by atoms with van der Waals surface area (Å²) in [7, 11) is 1.38. The standard InChI is InChI=1S/C17H20ClN5O3/c1-8-7-23(9(2)5-20-8)17(26)14-11(18)4-12-13(22-14)10(6-21-12)15(24)16(25)19-3/h4,6,8-9,20-21H,5,7H2,1-3H3,(H,19,25)/t8-,9+/m0/s1. The van der Waals surface area contributed by atoms with Crippen molar-refractivity contribution in [2.75, 3.05) is 20.1 Å². The normalized spacial score (nSPS) is 20.2. The van der Waals surface area contributed by atoms with E-state index >= 15 is 0 Å². The number of carbonyl (C=O) groups excluding carboxylic acids is 3. The fraction of sp³-hybridized carbons (Fsp3) is 0.412. The average Bonchev–Trinajstić information content (AvgIpc) is 3.03. The lowest BCUT2D eigenvalue weighted by Gasteiger charge is -2.37. The minimum Gasteiger partial charge on any atom is -0.359 e. The number of aromatic amines is 1. The van der Waals surface area contributed by atoms with Gasteiger partial charge in [0, 0.05) is 38.4 Å². The van der Waals surface area contributed by atoms with Crippen LogP contribution in [0.4, 0.5) is 0 Å². The smallest absolute Gasteiger partial charge is 0.292 e. The molecule has 1 saturated heterocycles. The Morgan fingerprint density at radius 2 is 2.08 bits per heavy atom. The number of rotatable bonds is 3. The molecule has 0 radical (unpaired) electrons. The molecule has 2 atom stereocenters. The first-order valence-corrected chi connectivity index (χ1v) is 8.69. The van der Waals surface area contributed by atoms with Crippen molar-refractivity contribution in [3.63, 3.8) is 0 Å². The summed E-state index contributed by atoms with van der Waals surface area (Å²) in [4.78, 5) is 45.8. The summed E-state index contributed by atoms with van der Waals surface area (Å²) in [6, 6.07) is 1.70. The van der Waals surface area contributed by atoms with Crippen molar-refractivity contribution in [2.45, 2.75) is 25.9 Å². The van der Waals surface area contributed by atoms with Gasteiger partial charge in [0.25, 0.3) is 17.6 Å². The van der Waals surface area contributed by atoms with E-state index < -0.39 is 11.7 Å². The maximum atomic E-state index is 13.0. The maximum Gasteiger partial charge on any atom is 0.292 e. The van der Waals surface area contributed by atoms with E-state index in [-0.39, 0.29) is 39.8 Å². The Morgan fingerprint density at radius 1 is 1.35 bits per heavy atom. The van der Waals surface area contributed by atoms with Crippen molar-refractivity contribution in [3.05, 3.63) is 28.5 Å². The number of ketones is 1. The Kier molecular flexibility index (Phi) is 4.97. The van der Waals surface area contributed by atoms with Crippen molar-refractivity contribution >= 4 is 40.2 Å². The Bertz CT molecular complexity index is 894. The number of Topliss-reactive ketones (excluding diaryl/α,β-unsaturated/α-hetero) is 1. The van der Waals surface area contributed by atoms with Crippen LogP contribution in [0.5, 0.6) is 0 Å². The highest BCUT2D eigenvalue weighted by Crippen LogP contribution is 2.25. The van der Waals surface area contributed by atoms with Crippen molar-refractivity contribution < 1.29 is 14.4 Å². The molecule has 0 unspecified atom stereocenters. The second-order valence-corrected chi connectivity index (χ2v) is 6.85. The van der Waals surface area contributed by atoms with Crippen LogP contribution in [0.15, 0.2) is 12.3 Å². The number of nitrogens with one attached hydrogen (secondary N) is 3. The van der Waals surface area contributed by atoms with Crippen molar-refractivity contribution in [1.82, 2.24) is 25.5 Å². The predicted molar refractivity (Wildman–Crippen MR) is 97.5 cm³/mol. The van der Waals surface area contributed by atoms with Crippen molar-refractivity contribution in [3.8, 4) is 0 Å². The summed E-state index contributed by atoms with van der Waals surface area (Å²) in [6.07, 6.45) is 1.40. The molecule has 8 nitrogen and oxygen atoms in total. The summed E-state index contributed by atoms with van der Waals surface area (Å²) < 4.78 is 0. The molecular weight excluding hydrogens is 358 g/mol. The van der Waals surface area contributed by atoms with E-state index in [4.69, 9.17) is 11.6 Å². The molecule has 138 valence electrons. The lowest BCUT2D eigenvalue weighted by molar-refractivity contribution is -0.116. The second kappa shape index (κ2) is 7.05. The van der Waals surface area contributed by atoms with Gasteiger partial charge < -0.3 is 20.5 Å². The van der Waals surface area contributed by atoms with E-state index in [9.17, 15) is 14.4 Å². The molecule has 2 amide bonds. The summed E-state index contributed by atoms with van der Waals surface area (Å²) in [5.41, 5.74) is 0.917. The van der Waals surface area contributed by atoms with Crippen LogP contribution in [0, 0.1) is 0 Å². The highest BCUT2D eigenvalue weighted by Gasteiger charge is 2.30. The lowest BCUT2D eigenvalue weighted by Crippen LogP contribution is -2.56. The van der Waals surface area contributed by atoms with Gasteiger partial charge in [0.2, 0.25) is 0 Å². The summed E-state index contributed by atoms with van der Waals surface area (Å²) in [5.74, 6) is -1.77. The predicted octanol–water partition coefficient (Wildman–Crippen LogP) is 0.967. The first kappa shape index (κ1) is 18.3. The fourth-order valence-electron chi connectivity index (χ4n) is 3.02. The second-order valence-electron chi connectivity index (χ2n) is 6.44. The highest BCUT2D eigenvalue weighted by molar-refractivity contribution is 6.44. The number of piperazine rings is 1. The fourth-order valence-corrected chi connectivity index (χ4v) is 3.25. The summed E-state index contributed by atoms with van der Waals surface area (Å²) >= 11 is 6.27. The van der Waals surface area contributed by atoms with Crippen LogP contribution in [0.3, 0.4) is 0 Å². The van der Waals surface area contributed by atoms with Crippen LogP contribution < -0.4 is 10.6 Å². The third-order valence-electron chi connectivity index (χ3n) is 4.51. The topological polar surface area (TPSA) is 107 Å². The number of H-pyrrole nitrogens is 1. The first-order valence-electron chi connectivity index (χ1n) is 8.31. The molecule has 3 heterocycles. The van der Waals surface area contributed by atoms with Gasteiger partial charge in [0.15, 0.2) is 0 Å². The van der Waals surface area contributed by atoms with Gasteiger partial charge in [-0.1, -0.05) is 11.6 Å². The minimum absolute atomic E-state index is 0.00883. The Balaban J connectivity index is 2.03. The molecule has 2 aromatic heterocycles. The Morgan fingerprint density at radius 3 is 2.77 bits per heavy atom. The first-order chi connectivity index (χ1) is 12.3. The molecule has 0 aromatic carbocycles. The van der Waals surface area contributed by atoms with E-state index in [1.165, 1.54) is 13.2 Å². The molecule has 1 fully saturated rings. The number of aromatic nitrogens is 2. The van der Waals surface area contributed by atoms with Crippen LogP contribution in [0.1, 0.15) is 34.7 Å². The van der Waals surface area contributed by atoms with Crippen LogP contribution >= 0.6 is 11.6 Å². The molecule has 9 heteroatoms. The molecule has 0 bridgehead atoms.